The van der Waals surface area contributed by atoms with Crippen molar-refractivity contribution < 1.29 is 64.2 Å². The number of benzene rings is 2. The van der Waals surface area contributed by atoms with Crippen LogP contribution in [0.15, 0.2) is 36.4 Å². The second-order valence-corrected chi connectivity index (χ2v) is 10.2. The number of carbonyl (C=O) groups excluding carboxylic acids is 1. The predicted molar refractivity (Wildman–Crippen MR) is 133 cm³/mol. The van der Waals surface area contributed by atoms with E-state index in [4.69, 9.17) is 23.7 Å². The first-order valence-electron chi connectivity index (χ1n) is 12.9. The number of Topliss-reactive ketones (excluding diaryl/α,β-unsaturated/α-hetero) is 1. The van der Waals surface area contributed by atoms with E-state index >= 15 is 0 Å². The lowest BCUT2D eigenvalue weighted by Gasteiger charge is -2.44. The van der Waals surface area contributed by atoms with Crippen molar-refractivity contribution >= 4 is 5.78 Å². The minimum atomic E-state index is -1.68. The maximum absolute atomic E-state index is 12.9. The van der Waals surface area contributed by atoms with Gasteiger partial charge in [-0.1, -0.05) is 12.1 Å². The second-order valence-electron chi connectivity index (χ2n) is 10.2. The van der Waals surface area contributed by atoms with Gasteiger partial charge in [-0.05, 0) is 24.6 Å². The molecule has 0 spiro atoms. The van der Waals surface area contributed by atoms with Crippen LogP contribution < -0.4 is 9.47 Å². The summed E-state index contributed by atoms with van der Waals surface area (Å²) in [5.74, 6) is -0.814. The minimum absolute atomic E-state index is 0.0138. The average Bonchev–Trinajstić information content (AvgIpc) is 2.90. The van der Waals surface area contributed by atoms with Gasteiger partial charge in [0, 0.05) is 18.6 Å². The zero-order chi connectivity index (χ0) is 28.7. The monoisotopic (exact) mass is 564 g/mol. The van der Waals surface area contributed by atoms with Gasteiger partial charge in [0.05, 0.1) is 25.2 Å². The lowest BCUT2D eigenvalue weighted by Crippen LogP contribution is -2.63. The van der Waals surface area contributed by atoms with E-state index < -0.39 is 73.8 Å². The van der Waals surface area contributed by atoms with Gasteiger partial charge in [0.2, 0.25) is 6.29 Å². The third kappa shape index (κ3) is 5.60. The summed E-state index contributed by atoms with van der Waals surface area (Å²) in [6.45, 7) is 0.983. The molecule has 40 heavy (non-hydrogen) atoms. The number of hydrogen-bond donors (Lipinski definition) is 7. The third-order valence-electron chi connectivity index (χ3n) is 7.22. The molecule has 13 heteroatoms. The van der Waals surface area contributed by atoms with Crippen molar-refractivity contribution in [1.82, 2.24) is 0 Å². The van der Waals surface area contributed by atoms with Crippen molar-refractivity contribution in [1.29, 1.82) is 0 Å². The van der Waals surface area contributed by atoms with Crippen molar-refractivity contribution in [2.45, 2.75) is 81.2 Å². The van der Waals surface area contributed by atoms with Gasteiger partial charge in [0.1, 0.15) is 59.1 Å². The van der Waals surface area contributed by atoms with E-state index in [1.54, 1.807) is 19.1 Å². The molecule has 2 saturated heterocycles. The maximum Gasteiger partial charge on any atom is 0.229 e. The number of phenols is 2. The van der Waals surface area contributed by atoms with Crippen molar-refractivity contribution in [3.8, 4) is 23.0 Å². The lowest BCUT2D eigenvalue weighted by molar-refractivity contribution is -0.344. The molecule has 13 nitrogen and oxygen atoms in total. The summed E-state index contributed by atoms with van der Waals surface area (Å²) in [5.41, 5.74) is 0.571. The number of rotatable bonds is 6. The van der Waals surface area contributed by atoms with Crippen LogP contribution in [0.5, 0.6) is 23.0 Å². The topological polar surface area (TPSA) is 205 Å². The molecule has 0 amide bonds. The molecule has 2 fully saturated rings. The Labute approximate surface area is 228 Å². The highest BCUT2D eigenvalue weighted by atomic mass is 16.8. The molecule has 0 bridgehead atoms. The molecule has 0 radical (unpaired) electrons. The molecule has 0 saturated carbocycles. The van der Waals surface area contributed by atoms with Gasteiger partial charge in [-0.3, -0.25) is 4.79 Å². The molecule has 3 aliphatic rings. The van der Waals surface area contributed by atoms with E-state index in [0.717, 1.165) is 6.07 Å². The fraction of sp³-hybridized carbons (Fsp3) is 0.519. The summed E-state index contributed by atoms with van der Waals surface area (Å²) in [6, 6.07) is 8.61. The molecular weight excluding hydrogens is 532 g/mol. The Kier molecular flexibility index (Phi) is 8.17. The van der Waals surface area contributed by atoms with Crippen molar-refractivity contribution in [3.05, 3.63) is 47.5 Å². The number of fused-ring (bicyclic) bond motifs is 1. The molecule has 218 valence electrons. The highest BCUT2D eigenvalue weighted by molar-refractivity contribution is 6.02. The van der Waals surface area contributed by atoms with Crippen LogP contribution in [0, 0.1) is 0 Å². The molecule has 0 aliphatic carbocycles. The van der Waals surface area contributed by atoms with Crippen LogP contribution in [0.25, 0.3) is 0 Å². The van der Waals surface area contributed by atoms with Crippen LogP contribution in [0.2, 0.25) is 0 Å². The Hall–Kier alpha value is -3.01. The fourth-order valence-electron chi connectivity index (χ4n) is 5.08. The third-order valence-corrected chi connectivity index (χ3v) is 7.22. The average molecular weight is 565 g/mol. The summed E-state index contributed by atoms with van der Waals surface area (Å²) >= 11 is 0. The predicted octanol–water partition coefficient (Wildman–Crippen LogP) is -0.136. The summed E-state index contributed by atoms with van der Waals surface area (Å²) in [6.07, 6.45) is -12.7. The van der Waals surface area contributed by atoms with E-state index in [9.17, 15) is 40.5 Å². The first-order valence-corrected chi connectivity index (χ1v) is 12.9. The van der Waals surface area contributed by atoms with Crippen molar-refractivity contribution in [2.75, 3.05) is 6.61 Å². The minimum Gasteiger partial charge on any atom is -0.508 e. The molecule has 10 atom stereocenters. The molecule has 2 unspecified atom stereocenters. The number of aliphatic hydroxyl groups excluding tert-OH is 5. The summed E-state index contributed by atoms with van der Waals surface area (Å²) in [7, 11) is 0. The number of ether oxygens (including phenoxy) is 5. The summed E-state index contributed by atoms with van der Waals surface area (Å²) < 4.78 is 28.8. The van der Waals surface area contributed by atoms with E-state index in [0.29, 0.717) is 5.56 Å². The van der Waals surface area contributed by atoms with E-state index in [-0.39, 0.29) is 41.4 Å². The Morgan fingerprint density at radius 2 is 1.68 bits per heavy atom. The second kappa shape index (κ2) is 11.5. The van der Waals surface area contributed by atoms with E-state index in [1.165, 1.54) is 18.2 Å². The van der Waals surface area contributed by atoms with Crippen LogP contribution in [0.1, 0.15) is 41.8 Å². The number of hydrogen-bond acceptors (Lipinski definition) is 13. The van der Waals surface area contributed by atoms with Crippen LogP contribution >= 0.6 is 0 Å². The SMILES string of the molecule is C[C@H]1C[C@@H](O)[C@@H](O)[C@H](O[C@H]2[C@H](Oc3cc(O)c4c(c3)OC(c3ccc(O)cc3)CC4=O)O[C@H](CO)C(O)[C@@H]2O)O1. The standard InChI is InChI=1S/C27H32O13/c1-11-6-17(32)22(33)26(36-11)40-25-24(35)23(34)20(10-28)39-27(25)37-14-7-15(30)21-16(31)9-18(38-19(21)8-14)12-2-4-13(29)5-3-12/h2-5,7-8,11,17-18,20,22-30,32-35H,6,9-10H2,1H3/t11-,17+,18?,20+,22+,23?,24-,25+,26-,27+/m0/s1. The Morgan fingerprint density at radius 1 is 0.950 bits per heavy atom. The number of aromatic hydroxyl groups is 2. The van der Waals surface area contributed by atoms with Gasteiger partial charge >= 0.3 is 0 Å². The van der Waals surface area contributed by atoms with Crippen molar-refractivity contribution in [3.63, 3.8) is 0 Å². The number of phenolic OH excluding ortho intramolecular Hbond substituents is 2. The van der Waals surface area contributed by atoms with Crippen LogP contribution in [-0.2, 0) is 14.2 Å². The molecule has 3 heterocycles. The molecule has 3 aliphatic heterocycles. The molecule has 5 rings (SSSR count). The van der Waals surface area contributed by atoms with E-state index in [2.05, 4.69) is 0 Å². The van der Waals surface area contributed by atoms with Crippen LogP contribution in [-0.4, -0.2) is 103 Å². The Morgan fingerprint density at radius 3 is 2.38 bits per heavy atom. The van der Waals surface area contributed by atoms with Crippen LogP contribution in [0.4, 0.5) is 0 Å². The van der Waals surface area contributed by atoms with Gasteiger partial charge in [-0.15, -0.1) is 0 Å². The number of ketones is 1. The number of aliphatic hydroxyl groups is 5. The smallest absolute Gasteiger partial charge is 0.229 e. The Balaban J connectivity index is 1.41. The molecule has 7 N–H and O–H groups in total. The van der Waals surface area contributed by atoms with Gasteiger partial charge in [0.15, 0.2) is 18.2 Å². The summed E-state index contributed by atoms with van der Waals surface area (Å²) in [5, 5.41) is 71.6. The van der Waals surface area contributed by atoms with Crippen LogP contribution in [0.3, 0.4) is 0 Å². The molecule has 0 aromatic heterocycles. The highest BCUT2D eigenvalue weighted by Gasteiger charge is 2.49. The van der Waals surface area contributed by atoms with Gasteiger partial charge in [0.25, 0.3) is 0 Å². The van der Waals surface area contributed by atoms with Gasteiger partial charge in [-0.25, -0.2) is 0 Å². The highest BCUT2D eigenvalue weighted by Crippen LogP contribution is 2.43. The largest absolute Gasteiger partial charge is 0.508 e. The summed E-state index contributed by atoms with van der Waals surface area (Å²) in [4.78, 5) is 12.9. The first-order chi connectivity index (χ1) is 19.0. The molecule has 2 aromatic rings. The zero-order valence-electron chi connectivity index (χ0n) is 21.4. The molecule has 2 aromatic carbocycles. The van der Waals surface area contributed by atoms with Gasteiger partial charge < -0.3 is 59.4 Å². The first kappa shape index (κ1) is 28.5. The van der Waals surface area contributed by atoms with Crippen molar-refractivity contribution in [2.24, 2.45) is 0 Å². The zero-order valence-corrected chi connectivity index (χ0v) is 21.4. The lowest BCUT2D eigenvalue weighted by atomic mass is 9.95. The fourth-order valence-corrected chi connectivity index (χ4v) is 5.08. The van der Waals surface area contributed by atoms with E-state index in [1.807, 2.05) is 0 Å². The number of carbonyl (C=O) groups is 1. The normalized spacial score (nSPS) is 36.0. The van der Waals surface area contributed by atoms with Gasteiger partial charge in [-0.2, -0.15) is 0 Å². The molecular formula is C27H32O13. The Bertz CT molecular complexity index is 1200. The maximum atomic E-state index is 12.9. The quantitative estimate of drug-likeness (QED) is 0.244.